The SMILES string of the molecule is CN[C@H](C)c1ccc(F)cc1Br. The first-order chi connectivity index (χ1) is 5.65. The lowest BCUT2D eigenvalue weighted by molar-refractivity contribution is 0.616. The molecule has 0 aliphatic heterocycles. The lowest BCUT2D eigenvalue weighted by atomic mass is 10.1. The molecule has 66 valence electrons. The van der Waals surface area contributed by atoms with Crippen LogP contribution in [0.5, 0.6) is 0 Å². The number of hydrogen-bond acceptors (Lipinski definition) is 1. The van der Waals surface area contributed by atoms with Crippen molar-refractivity contribution < 1.29 is 4.39 Å². The molecule has 0 bridgehead atoms. The molecule has 0 amide bonds. The maximum Gasteiger partial charge on any atom is 0.124 e. The Morgan fingerprint density at radius 2 is 2.17 bits per heavy atom. The average molecular weight is 232 g/mol. The van der Waals surface area contributed by atoms with Crippen molar-refractivity contribution in [3.8, 4) is 0 Å². The van der Waals surface area contributed by atoms with Gasteiger partial charge < -0.3 is 5.32 Å². The van der Waals surface area contributed by atoms with Crippen LogP contribution in [0.2, 0.25) is 0 Å². The summed E-state index contributed by atoms with van der Waals surface area (Å²) >= 11 is 3.31. The molecule has 0 saturated heterocycles. The molecule has 12 heavy (non-hydrogen) atoms. The molecule has 0 unspecified atom stereocenters. The standard InChI is InChI=1S/C9H11BrFN/c1-6(12-2)8-4-3-7(11)5-9(8)10/h3-6,12H,1-2H3/t6-/m1/s1. The zero-order chi connectivity index (χ0) is 9.14. The molecule has 1 aromatic carbocycles. The van der Waals surface area contributed by atoms with Crippen LogP contribution in [0.15, 0.2) is 22.7 Å². The fraction of sp³-hybridized carbons (Fsp3) is 0.333. The Morgan fingerprint density at radius 1 is 1.50 bits per heavy atom. The fourth-order valence-electron chi connectivity index (χ4n) is 1.01. The van der Waals surface area contributed by atoms with Crippen LogP contribution in [0.25, 0.3) is 0 Å². The van der Waals surface area contributed by atoms with Gasteiger partial charge in [-0.25, -0.2) is 4.39 Å². The lowest BCUT2D eigenvalue weighted by Gasteiger charge is -2.12. The Kier molecular flexibility index (Phi) is 3.23. The van der Waals surface area contributed by atoms with Crippen molar-refractivity contribution in [3.63, 3.8) is 0 Å². The van der Waals surface area contributed by atoms with E-state index >= 15 is 0 Å². The van der Waals surface area contributed by atoms with Gasteiger partial charge in [-0.1, -0.05) is 22.0 Å². The predicted octanol–water partition coefficient (Wildman–Crippen LogP) is 2.87. The van der Waals surface area contributed by atoms with Crippen LogP contribution in [0.4, 0.5) is 4.39 Å². The maximum absolute atomic E-state index is 12.7. The van der Waals surface area contributed by atoms with E-state index in [0.29, 0.717) is 0 Å². The largest absolute Gasteiger partial charge is 0.313 e. The third kappa shape index (κ3) is 2.05. The van der Waals surface area contributed by atoms with Crippen molar-refractivity contribution in [1.29, 1.82) is 0 Å². The number of halogens is 2. The second kappa shape index (κ2) is 4.01. The predicted molar refractivity (Wildman–Crippen MR) is 51.6 cm³/mol. The molecular formula is C9H11BrFN. The molecule has 3 heteroatoms. The van der Waals surface area contributed by atoms with Crippen molar-refractivity contribution in [3.05, 3.63) is 34.1 Å². The van der Waals surface area contributed by atoms with Crippen molar-refractivity contribution in [2.45, 2.75) is 13.0 Å². The summed E-state index contributed by atoms with van der Waals surface area (Å²) in [6.45, 7) is 2.03. The topological polar surface area (TPSA) is 12.0 Å². The Hall–Kier alpha value is -0.410. The van der Waals surface area contributed by atoms with Crippen molar-refractivity contribution in [2.24, 2.45) is 0 Å². The van der Waals surface area contributed by atoms with Crippen LogP contribution >= 0.6 is 15.9 Å². The summed E-state index contributed by atoms with van der Waals surface area (Å²) in [6, 6.07) is 4.96. The summed E-state index contributed by atoms with van der Waals surface area (Å²) in [5.41, 5.74) is 1.07. The molecule has 0 fully saturated rings. The Labute approximate surface area is 80.1 Å². The van der Waals surface area contributed by atoms with E-state index in [9.17, 15) is 4.39 Å². The summed E-state index contributed by atoms with van der Waals surface area (Å²) in [7, 11) is 1.88. The molecule has 1 aromatic rings. The second-order valence-corrected chi connectivity index (χ2v) is 3.53. The minimum atomic E-state index is -0.214. The molecule has 0 aromatic heterocycles. The number of hydrogen-bond donors (Lipinski definition) is 1. The highest BCUT2D eigenvalue weighted by atomic mass is 79.9. The second-order valence-electron chi connectivity index (χ2n) is 2.68. The van der Waals surface area contributed by atoms with Crippen LogP contribution in [0, 0.1) is 5.82 Å². The molecule has 1 rings (SSSR count). The third-order valence-electron chi connectivity index (χ3n) is 1.86. The average Bonchev–Trinajstić information content (AvgIpc) is 2.03. The van der Waals surface area contributed by atoms with E-state index in [2.05, 4.69) is 21.2 Å². The van der Waals surface area contributed by atoms with Crippen LogP contribution < -0.4 is 5.32 Å². The zero-order valence-corrected chi connectivity index (χ0v) is 8.65. The molecule has 0 aliphatic carbocycles. The van der Waals surface area contributed by atoms with Crippen LogP contribution in [-0.4, -0.2) is 7.05 Å². The number of rotatable bonds is 2. The van der Waals surface area contributed by atoms with Crippen LogP contribution in [-0.2, 0) is 0 Å². The summed E-state index contributed by atoms with van der Waals surface area (Å²) in [5, 5.41) is 3.09. The monoisotopic (exact) mass is 231 g/mol. The summed E-state index contributed by atoms with van der Waals surface area (Å²) in [4.78, 5) is 0. The van der Waals surface area contributed by atoms with Gasteiger partial charge in [0.05, 0.1) is 0 Å². The van der Waals surface area contributed by atoms with E-state index in [1.165, 1.54) is 12.1 Å². The van der Waals surface area contributed by atoms with Gasteiger partial charge in [0.25, 0.3) is 0 Å². The van der Waals surface area contributed by atoms with E-state index in [1.54, 1.807) is 6.07 Å². The summed E-state index contributed by atoms with van der Waals surface area (Å²) in [6.07, 6.45) is 0. The van der Waals surface area contributed by atoms with Gasteiger partial charge in [-0.2, -0.15) is 0 Å². The first-order valence-electron chi connectivity index (χ1n) is 3.77. The van der Waals surface area contributed by atoms with Crippen LogP contribution in [0.3, 0.4) is 0 Å². The summed E-state index contributed by atoms with van der Waals surface area (Å²) in [5.74, 6) is -0.214. The van der Waals surface area contributed by atoms with Gasteiger partial charge in [0.2, 0.25) is 0 Å². The molecule has 0 saturated carbocycles. The molecule has 0 heterocycles. The van der Waals surface area contributed by atoms with Gasteiger partial charge in [0.15, 0.2) is 0 Å². The van der Waals surface area contributed by atoms with Crippen molar-refractivity contribution in [1.82, 2.24) is 5.32 Å². The molecule has 0 radical (unpaired) electrons. The van der Waals surface area contributed by atoms with Gasteiger partial charge in [0, 0.05) is 10.5 Å². The molecule has 1 nitrogen and oxygen atoms in total. The van der Waals surface area contributed by atoms with E-state index < -0.39 is 0 Å². The van der Waals surface area contributed by atoms with Crippen molar-refractivity contribution >= 4 is 15.9 Å². The summed E-state index contributed by atoms with van der Waals surface area (Å²) < 4.78 is 13.5. The minimum Gasteiger partial charge on any atom is -0.313 e. The molecule has 0 aliphatic rings. The smallest absolute Gasteiger partial charge is 0.124 e. The highest BCUT2D eigenvalue weighted by Gasteiger charge is 2.06. The molecule has 0 spiro atoms. The highest BCUT2D eigenvalue weighted by molar-refractivity contribution is 9.10. The molecule has 1 atom stereocenters. The first-order valence-corrected chi connectivity index (χ1v) is 4.56. The van der Waals surface area contributed by atoms with Crippen LogP contribution in [0.1, 0.15) is 18.5 Å². The first kappa shape index (κ1) is 9.68. The van der Waals surface area contributed by atoms with Crippen molar-refractivity contribution in [2.75, 3.05) is 7.05 Å². The van der Waals surface area contributed by atoms with E-state index in [0.717, 1.165) is 10.0 Å². The molecular weight excluding hydrogens is 221 g/mol. The van der Waals surface area contributed by atoms with Gasteiger partial charge in [0.1, 0.15) is 5.82 Å². The quantitative estimate of drug-likeness (QED) is 0.826. The Bertz CT molecular complexity index is 275. The lowest BCUT2D eigenvalue weighted by Crippen LogP contribution is -2.12. The fourth-order valence-corrected chi connectivity index (χ4v) is 1.70. The number of benzene rings is 1. The van der Waals surface area contributed by atoms with Gasteiger partial charge >= 0.3 is 0 Å². The number of nitrogens with one attached hydrogen (secondary N) is 1. The van der Waals surface area contributed by atoms with E-state index in [4.69, 9.17) is 0 Å². The van der Waals surface area contributed by atoms with Gasteiger partial charge in [-0.05, 0) is 31.7 Å². The van der Waals surface area contributed by atoms with E-state index in [1.807, 2.05) is 14.0 Å². The third-order valence-corrected chi connectivity index (χ3v) is 2.55. The Morgan fingerprint density at radius 3 is 2.67 bits per heavy atom. The highest BCUT2D eigenvalue weighted by Crippen LogP contribution is 2.23. The normalized spacial score (nSPS) is 13.0. The zero-order valence-electron chi connectivity index (χ0n) is 7.07. The minimum absolute atomic E-state index is 0.214. The Balaban J connectivity index is 3.01. The molecule has 1 N–H and O–H groups in total. The maximum atomic E-state index is 12.7. The van der Waals surface area contributed by atoms with Gasteiger partial charge in [-0.3, -0.25) is 0 Å². The van der Waals surface area contributed by atoms with E-state index in [-0.39, 0.29) is 11.9 Å². The van der Waals surface area contributed by atoms with Gasteiger partial charge in [-0.15, -0.1) is 0 Å².